The third-order valence-electron chi connectivity index (χ3n) is 0. The number of hydrogen-bond acceptors (Lipinski definition) is 0. The van der Waals surface area contributed by atoms with Gasteiger partial charge in [0.25, 0.3) is 0 Å². The first-order chi connectivity index (χ1) is 0. The van der Waals surface area contributed by atoms with Crippen molar-refractivity contribution in [2.24, 2.45) is 0 Å². The molecule has 0 heterocycles. The van der Waals surface area contributed by atoms with Crippen molar-refractivity contribution >= 4 is 40.5 Å². The molecule has 8 heavy (non-hydrogen) atoms. The van der Waals surface area contributed by atoms with Crippen LogP contribution >= 0.6 is 0 Å². The Kier molecular flexibility index (Phi) is 2530. The molecule has 0 N–H and O–H groups in total. The Bertz CT molecular complexity index is 12.5. The molecule has 0 radical (unpaired) electrons. The molecule has 0 fully saturated rings. The van der Waals surface area contributed by atoms with Gasteiger partial charge in [0.2, 0.25) is 0 Å². The van der Waals surface area contributed by atoms with E-state index in [1.807, 2.05) is 0 Å². The smallest absolute Gasteiger partial charge is 2.00 e. The van der Waals surface area contributed by atoms with Crippen molar-refractivity contribution < 1.29 is 58.6 Å². The molecule has 0 aliphatic heterocycles. The van der Waals surface area contributed by atoms with Gasteiger partial charge in [-0.05, 0) is 0 Å². The van der Waals surface area contributed by atoms with E-state index in [1.54, 1.807) is 0 Å². The summed E-state index contributed by atoms with van der Waals surface area (Å²) in [5.41, 5.74) is 0. The van der Waals surface area contributed by atoms with Crippen molar-refractivity contribution in [1.29, 1.82) is 0 Å². The van der Waals surface area contributed by atoms with Crippen molar-refractivity contribution in [3.63, 3.8) is 0 Å². The van der Waals surface area contributed by atoms with Crippen LogP contribution in [-0.2, 0) is 99.0 Å². The van der Waals surface area contributed by atoms with Gasteiger partial charge in [-0.1, -0.05) is 0 Å². The maximum atomic E-state index is 0. The summed E-state index contributed by atoms with van der Waals surface area (Å²) in [6.07, 6.45) is 0. The molecule has 0 saturated heterocycles. The van der Waals surface area contributed by atoms with Crippen LogP contribution in [0.4, 0.5) is 0 Å². The monoisotopic (exact) mass is 340 g/mol. The summed E-state index contributed by atoms with van der Waals surface area (Å²) in [6.45, 7) is 0. The second kappa shape index (κ2) is 121. The van der Waals surface area contributed by atoms with Gasteiger partial charge in [0.15, 0.2) is 0 Å². The minimum absolute atomic E-state index is 0. The summed E-state index contributed by atoms with van der Waals surface area (Å²) < 4.78 is 0. The summed E-state index contributed by atoms with van der Waals surface area (Å²) >= 11 is 0. The largest absolute Gasteiger partial charge is 6.00 e. The zero-order chi connectivity index (χ0) is 0. The van der Waals surface area contributed by atoms with Crippen LogP contribution in [0.2, 0.25) is 0 Å². The third-order valence-corrected chi connectivity index (χ3v) is 0. The molecule has 0 aliphatic rings. The predicted octanol–water partition coefficient (Wildman–Crippen LogP) is -0.369. The molecule has 0 aliphatic carbocycles. The van der Waals surface area contributed by atoms with E-state index in [0.717, 1.165) is 0 Å². The van der Waals surface area contributed by atoms with Gasteiger partial charge in [-0.2, -0.15) is 0 Å². The van der Waals surface area contributed by atoms with Gasteiger partial charge in [-0.25, -0.2) is 0 Å². The van der Waals surface area contributed by atoms with E-state index in [-0.39, 0.29) is 99.0 Å². The summed E-state index contributed by atoms with van der Waals surface area (Å²) in [4.78, 5) is 0. The number of hydrogen-bond donors (Lipinski definition) is 0. The third kappa shape index (κ3) is 83.3. The van der Waals surface area contributed by atoms with Gasteiger partial charge in [0, 0.05) is 0 Å². The Hall–Kier alpha value is 2.31. The fourth-order valence-corrected chi connectivity index (χ4v) is 0. The van der Waals surface area contributed by atoms with Crippen LogP contribution in [0.3, 0.4) is 0 Å². The Balaban J connectivity index is 0. The van der Waals surface area contributed by atoms with Gasteiger partial charge < -0.3 is 56.9 Å². The normalized spacial score (nSPS) is 0. The average molecular weight is 336 g/mol. The summed E-state index contributed by atoms with van der Waals surface area (Å²) in [5, 5.41) is 0. The van der Waals surface area contributed by atoms with Crippen molar-refractivity contribution in [3.8, 4) is 0 Å². The summed E-state index contributed by atoms with van der Waals surface area (Å²) in [7, 11) is 0. The molecule has 0 spiro atoms. The molecule has 0 unspecified atom stereocenters. The molecular formula is Mo2O3S3. The van der Waals surface area contributed by atoms with Crippen molar-refractivity contribution in [2.45, 2.75) is 0 Å². The molecular weight excluding hydrogens is 336 g/mol. The van der Waals surface area contributed by atoms with E-state index in [4.69, 9.17) is 0 Å². The molecule has 0 saturated carbocycles. The molecule has 0 aromatic rings. The first kappa shape index (κ1) is 168. The van der Waals surface area contributed by atoms with E-state index < -0.39 is 0 Å². The van der Waals surface area contributed by atoms with Crippen LogP contribution in [0.25, 0.3) is 0 Å². The fourth-order valence-electron chi connectivity index (χ4n) is 0. The van der Waals surface area contributed by atoms with Crippen LogP contribution in [0, 0.1) is 0 Å². The van der Waals surface area contributed by atoms with Crippen molar-refractivity contribution in [3.05, 3.63) is 0 Å². The van der Waals surface area contributed by atoms with Crippen molar-refractivity contribution in [1.82, 2.24) is 0 Å². The van der Waals surface area contributed by atoms with Crippen molar-refractivity contribution in [2.75, 3.05) is 0 Å². The Morgan fingerprint density at radius 3 is 0.375 bits per heavy atom. The van der Waals surface area contributed by atoms with E-state index in [0.29, 0.717) is 0 Å². The van der Waals surface area contributed by atoms with Gasteiger partial charge >= 0.3 is 42.1 Å². The van der Waals surface area contributed by atoms with Gasteiger partial charge in [0.1, 0.15) is 0 Å². The van der Waals surface area contributed by atoms with Gasteiger partial charge in [-0.3, -0.25) is 0 Å². The topological polar surface area (TPSA) is 85.5 Å². The van der Waals surface area contributed by atoms with E-state index in [1.165, 1.54) is 0 Å². The van der Waals surface area contributed by atoms with Gasteiger partial charge in [-0.15, -0.1) is 0 Å². The number of rotatable bonds is 0. The second-order valence-electron chi connectivity index (χ2n) is 0. The Morgan fingerprint density at radius 2 is 0.375 bits per heavy atom. The Morgan fingerprint density at radius 1 is 0.375 bits per heavy atom. The summed E-state index contributed by atoms with van der Waals surface area (Å²) in [5.74, 6) is 0. The summed E-state index contributed by atoms with van der Waals surface area (Å²) in [6, 6.07) is 0. The zero-order valence-electron chi connectivity index (χ0n) is 3.27. The van der Waals surface area contributed by atoms with E-state index >= 15 is 0 Å². The van der Waals surface area contributed by atoms with E-state index in [2.05, 4.69) is 0 Å². The second-order valence-corrected chi connectivity index (χ2v) is 0. The minimum Gasteiger partial charge on any atom is -2.00 e. The molecule has 0 aromatic heterocycles. The Labute approximate surface area is 98.2 Å². The SMILES string of the molecule is [Mo+6].[Mo+6].[O-2].[O-2].[O-2].[S-2].[S-2].[S-2]. The quantitative estimate of drug-likeness (QED) is 0.541. The molecule has 0 atom stereocenters. The molecule has 0 amide bonds. The molecule has 3 nitrogen and oxygen atoms in total. The zero-order valence-corrected chi connectivity index (χ0v) is 9.73. The van der Waals surface area contributed by atoms with Crippen LogP contribution in [0.1, 0.15) is 0 Å². The van der Waals surface area contributed by atoms with E-state index in [9.17, 15) is 0 Å². The molecule has 0 aromatic carbocycles. The molecule has 0 bridgehead atoms. The fraction of sp³-hybridized carbons (Fsp3) is 0. The first-order valence-corrected chi connectivity index (χ1v) is 0. The van der Waals surface area contributed by atoms with Crippen LogP contribution in [-0.4, -0.2) is 0 Å². The maximum absolute atomic E-state index is 0. The van der Waals surface area contributed by atoms with Crippen LogP contribution in [0.5, 0.6) is 0 Å². The van der Waals surface area contributed by atoms with Crippen LogP contribution in [0.15, 0.2) is 0 Å². The maximum Gasteiger partial charge on any atom is 6.00 e. The first-order valence-electron chi connectivity index (χ1n) is 0. The average Bonchev–Trinajstić information content (AvgIpc) is 0. The molecule has 8 heteroatoms. The minimum atomic E-state index is 0. The predicted molar refractivity (Wildman–Crippen MR) is 24.2 cm³/mol. The van der Waals surface area contributed by atoms with Crippen LogP contribution < -0.4 is 0 Å². The molecule has 0 rings (SSSR count). The standard InChI is InChI=1S/2Mo.3O.3S/q2*+6;6*-2. The van der Waals surface area contributed by atoms with Gasteiger partial charge in [0.05, 0.1) is 0 Å². The molecule has 48 valence electrons.